The van der Waals surface area contributed by atoms with Crippen LogP contribution in [0, 0.1) is 11.3 Å². The molecule has 3 heterocycles. The number of nitrogens with one attached hydrogen (secondary N) is 1. The number of nitrogens with zero attached hydrogens (tertiary/aromatic N) is 2. The molecular weight excluding hydrogens is 342 g/mol. The molecule has 1 saturated carbocycles. The fourth-order valence-electron chi connectivity index (χ4n) is 4.99. The first-order valence-corrected chi connectivity index (χ1v) is 10.3. The maximum atomic E-state index is 13.2. The van der Waals surface area contributed by atoms with Gasteiger partial charge in [0.05, 0.1) is 5.92 Å². The van der Waals surface area contributed by atoms with Gasteiger partial charge in [-0.1, -0.05) is 19.3 Å². The molecule has 6 heteroatoms. The SMILES string of the molecule is O=C(NC1CCCCC1)C1CN(C(=O)c2ccncc2)CC12CCOCC2. The Balaban J connectivity index is 1.51. The molecule has 3 aliphatic rings. The zero-order chi connectivity index (χ0) is 18.7. The minimum Gasteiger partial charge on any atom is -0.381 e. The monoisotopic (exact) mass is 371 g/mol. The lowest BCUT2D eigenvalue weighted by atomic mass is 9.71. The van der Waals surface area contributed by atoms with E-state index in [1.54, 1.807) is 24.5 Å². The summed E-state index contributed by atoms with van der Waals surface area (Å²) in [6.45, 7) is 2.48. The van der Waals surface area contributed by atoms with Gasteiger partial charge in [-0.05, 0) is 37.8 Å². The highest BCUT2D eigenvalue weighted by atomic mass is 16.5. The number of ether oxygens (including phenoxy) is 1. The average molecular weight is 371 g/mol. The van der Waals surface area contributed by atoms with Crippen LogP contribution in [0.3, 0.4) is 0 Å². The summed E-state index contributed by atoms with van der Waals surface area (Å²) >= 11 is 0. The van der Waals surface area contributed by atoms with Crippen molar-refractivity contribution in [3.8, 4) is 0 Å². The normalized spacial score (nSPS) is 25.5. The van der Waals surface area contributed by atoms with Crippen molar-refractivity contribution in [3.63, 3.8) is 0 Å². The molecule has 0 aromatic carbocycles. The van der Waals surface area contributed by atoms with Crippen LogP contribution in [0.4, 0.5) is 0 Å². The van der Waals surface area contributed by atoms with Gasteiger partial charge in [0.25, 0.3) is 5.91 Å². The second-order valence-corrected chi connectivity index (χ2v) is 8.29. The van der Waals surface area contributed by atoms with E-state index in [9.17, 15) is 9.59 Å². The van der Waals surface area contributed by atoms with E-state index in [1.807, 2.05) is 4.90 Å². The van der Waals surface area contributed by atoms with E-state index < -0.39 is 0 Å². The number of aromatic nitrogens is 1. The van der Waals surface area contributed by atoms with Gasteiger partial charge in [-0.2, -0.15) is 0 Å². The molecule has 0 radical (unpaired) electrons. The third-order valence-corrected chi connectivity index (χ3v) is 6.62. The van der Waals surface area contributed by atoms with Gasteiger partial charge in [-0.25, -0.2) is 0 Å². The highest BCUT2D eigenvalue weighted by molar-refractivity contribution is 5.95. The van der Waals surface area contributed by atoms with Gasteiger partial charge in [0.15, 0.2) is 0 Å². The maximum absolute atomic E-state index is 13.2. The minimum absolute atomic E-state index is 0.00349. The molecule has 3 fully saturated rings. The first kappa shape index (κ1) is 18.4. The molecule has 1 aromatic rings. The van der Waals surface area contributed by atoms with E-state index in [0.717, 1.165) is 25.7 Å². The molecule has 6 nitrogen and oxygen atoms in total. The van der Waals surface area contributed by atoms with Gasteiger partial charge in [0, 0.05) is 55.7 Å². The van der Waals surface area contributed by atoms with E-state index in [1.165, 1.54) is 19.3 Å². The summed E-state index contributed by atoms with van der Waals surface area (Å²) in [7, 11) is 0. The highest BCUT2D eigenvalue weighted by Crippen LogP contribution is 2.45. The molecule has 146 valence electrons. The smallest absolute Gasteiger partial charge is 0.254 e. The van der Waals surface area contributed by atoms with Crippen LogP contribution in [0.1, 0.15) is 55.3 Å². The quantitative estimate of drug-likeness (QED) is 0.886. The Morgan fingerprint density at radius 2 is 1.81 bits per heavy atom. The van der Waals surface area contributed by atoms with E-state index in [4.69, 9.17) is 4.74 Å². The predicted octanol–water partition coefficient (Wildman–Crippen LogP) is 2.40. The van der Waals surface area contributed by atoms with Crippen molar-refractivity contribution in [2.24, 2.45) is 11.3 Å². The standard InChI is InChI=1S/C21H29N3O3/c25-19(23-17-4-2-1-3-5-17)18-14-24(15-21(18)8-12-27-13-9-21)20(26)16-6-10-22-11-7-16/h6-7,10-11,17-18H,1-5,8-9,12-15H2,(H,23,25). The largest absolute Gasteiger partial charge is 0.381 e. The Morgan fingerprint density at radius 3 is 2.52 bits per heavy atom. The van der Waals surface area contributed by atoms with E-state index in [0.29, 0.717) is 37.9 Å². The number of amides is 2. The van der Waals surface area contributed by atoms with Crippen molar-refractivity contribution >= 4 is 11.8 Å². The summed E-state index contributed by atoms with van der Waals surface area (Å²) < 4.78 is 5.57. The number of carbonyl (C=O) groups excluding carboxylic acids is 2. The molecule has 1 atom stereocenters. The number of carbonyl (C=O) groups is 2. The second-order valence-electron chi connectivity index (χ2n) is 8.29. The summed E-state index contributed by atoms with van der Waals surface area (Å²) in [6.07, 6.45) is 10.8. The number of likely N-dealkylation sites (tertiary alicyclic amines) is 1. The van der Waals surface area contributed by atoms with Crippen LogP contribution in [0.2, 0.25) is 0 Å². The van der Waals surface area contributed by atoms with Crippen molar-refractivity contribution in [2.75, 3.05) is 26.3 Å². The fraction of sp³-hybridized carbons (Fsp3) is 0.667. The summed E-state index contributed by atoms with van der Waals surface area (Å²) in [5.74, 6) is -0.0147. The number of pyridine rings is 1. The summed E-state index contributed by atoms with van der Waals surface area (Å²) in [5.41, 5.74) is 0.486. The number of hydrogen-bond acceptors (Lipinski definition) is 4. The van der Waals surface area contributed by atoms with Crippen LogP contribution >= 0.6 is 0 Å². The summed E-state index contributed by atoms with van der Waals surface area (Å²) in [4.78, 5) is 32.0. The second kappa shape index (κ2) is 7.97. The van der Waals surface area contributed by atoms with Gasteiger partial charge in [-0.15, -0.1) is 0 Å². The van der Waals surface area contributed by atoms with Crippen molar-refractivity contribution < 1.29 is 14.3 Å². The molecule has 1 spiro atoms. The van der Waals surface area contributed by atoms with Crippen LogP contribution in [-0.4, -0.2) is 54.0 Å². The van der Waals surface area contributed by atoms with Gasteiger partial charge >= 0.3 is 0 Å². The lowest BCUT2D eigenvalue weighted by Gasteiger charge is -2.37. The molecule has 4 rings (SSSR count). The molecule has 2 aliphatic heterocycles. The molecule has 1 unspecified atom stereocenters. The van der Waals surface area contributed by atoms with Crippen LogP contribution in [0.25, 0.3) is 0 Å². The van der Waals surface area contributed by atoms with E-state index in [-0.39, 0.29) is 23.1 Å². The van der Waals surface area contributed by atoms with E-state index in [2.05, 4.69) is 10.3 Å². The van der Waals surface area contributed by atoms with Gasteiger partial charge in [0.2, 0.25) is 5.91 Å². The Hall–Kier alpha value is -1.95. The lowest BCUT2D eigenvalue weighted by Crippen LogP contribution is -2.47. The topological polar surface area (TPSA) is 71.5 Å². The molecule has 27 heavy (non-hydrogen) atoms. The Morgan fingerprint density at radius 1 is 1.11 bits per heavy atom. The van der Waals surface area contributed by atoms with Crippen molar-refractivity contribution in [1.29, 1.82) is 0 Å². The first-order chi connectivity index (χ1) is 13.2. The number of rotatable bonds is 3. The summed E-state index contributed by atoms with van der Waals surface area (Å²) in [5, 5.41) is 3.30. The first-order valence-electron chi connectivity index (χ1n) is 10.3. The fourth-order valence-corrected chi connectivity index (χ4v) is 4.99. The van der Waals surface area contributed by atoms with Gasteiger partial charge in [0.1, 0.15) is 0 Å². The molecule has 2 saturated heterocycles. The van der Waals surface area contributed by atoms with Gasteiger partial charge in [-0.3, -0.25) is 14.6 Å². The lowest BCUT2D eigenvalue weighted by molar-refractivity contribution is -0.130. The molecule has 1 aliphatic carbocycles. The molecule has 1 aromatic heterocycles. The van der Waals surface area contributed by atoms with Crippen molar-refractivity contribution in [2.45, 2.75) is 51.0 Å². The van der Waals surface area contributed by atoms with Crippen molar-refractivity contribution in [3.05, 3.63) is 30.1 Å². The van der Waals surface area contributed by atoms with E-state index >= 15 is 0 Å². The maximum Gasteiger partial charge on any atom is 0.254 e. The predicted molar refractivity (Wildman–Crippen MR) is 101 cm³/mol. The Kier molecular flexibility index (Phi) is 5.43. The Labute approximate surface area is 160 Å². The third kappa shape index (κ3) is 3.86. The zero-order valence-corrected chi connectivity index (χ0v) is 15.9. The van der Waals surface area contributed by atoms with Crippen LogP contribution < -0.4 is 5.32 Å². The minimum atomic E-state index is -0.153. The Bertz CT molecular complexity index is 667. The zero-order valence-electron chi connectivity index (χ0n) is 15.9. The molecule has 2 amide bonds. The number of hydrogen-bond donors (Lipinski definition) is 1. The van der Waals surface area contributed by atoms with Crippen molar-refractivity contribution in [1.82, 2.24) is 15.2 Å². The molecule has 0 bridgehead atoms. The highest BCUT2D eigenvalue weighted by Gasteiger charge is 2.52. The average Bonchev–Trinajstić information content (AvgIpc) is 3.08. The van der Waals surface area contributed by atoms with Crippen LogP contribution in [-0.2, 0) is 9.53 Å². The van der Waals surface area contributed by atoms with Crippen LogP contribution in [0.15, 0.2) is 24.5 Å². The third-order valence-electron chi connectivity index (χ3n) is 6.62. The van der Waals surface area contributed by atoms with Crippen LogP contribution in [0.5, 0.6) is 0 Å². The molecular formula is C21H29N3O3. The van der Waals surface area contributed by atoms with Gasteiger partial charge < -0.3 is 15.0 Å². The summed E-state index contributed by atoms with van der Waals surface area (Å²) in [6, 6.07) is 3.79. The molecule has 1 N–H and O–H groups in total.